The maximum Gasteiger partial charge on any atom is 0.261 e. The number of hydrogen-bond donors (Lipinski definition) is 1. The third-order valence-corrected chi connectivity index (χ3v) is 6.27. The first kappa shape index (κ1) is 23.8. The molecule has 5 nitrogen and oxygen atoms in total. The summed E-state index contributed by atoms with van der Waals surface area (Å²) in [4.78, 5) is 28.2. The molecular formula is C27H36N2O3. The molecule has 0 radical (unpaired) electrons. The number of carbonyl (C=O) groups excluding carboxylic acids is 2. The normalized spacial score (nSPS) is 15.1. The number of hydrogen-bond acceptors (Lipinski definition) is 3. The molecule has 1 fully saturated rings. The molecule has 0 bridgehead atoms. The minimum absolute atomic E-state index is 0.0447. The van der Waals surface area contributed by atoms with Gasteiger partial charge in [0.1, 0.15) is 11.8 Å². The smallest absolute Gasteiger partial charge is 0.261 e. The quantitative estimate of drug-likeness (QED) is 0.589. The van der Waals surface area contributed by atoms with Crippen LogP contribution in [0.5, 0.6) is 5.75 Å². The Morgan fingerprint density at radius 3 is 2.41 bits per heavy atom. The summed E-state index contributed by atoms with van der Waals surface area (Å²) in [5.74, 6) is 0.495. The van der Waals surface area contributed by atoms with Gasteiger partial charge in [-0.2, -0.15) is 0 Å². The van der Waals surface area contributed by atoms with Crippen molar-refractivity contribution in [3.8, 4) is 5.75 Å². The Balaban J connectivity index is 1.70. The highest BCUT2D eigenvalue weighted by Crippen LogP contribution is 2.19. The number of rotatable bonds is 10. The predicted octanol–water partition coefficient (Wildman–Crippen LogP) is 4.67. The third-order valence-electron chi connectivity index (χ3n) is 6.27. The Hall–Kier alpha value is -2.82. The Kier molecular flexibility index (Phi) is 9.14. The fourth-order valence-electron chi connectivity index (χ4n) is 4.38. The van der Waals surface area contributed by atoms with Crippen molar-refractivity contribution in [1.82, 2.24) is 10.2 Å². The van der Waals surface area contributed by atoms with Crippen molar-refractivity contribution >= 4 is 11.8 Å². The zero-order valence-electron chi connectivity index (χ0n) is 19.4. The zero-order chi connectivity index (χ0) is 22.8. The van der Waals surface area contributed by atoms with Gasteiger partial charge in [0.2, 0.25) is 5.91 Å². The van der Waals surface area contributed by atoms with E-state index in [0.29, 0.717) is 25.1 Å². The van der Waals surface area contributed by atoms with Crippen LogP contribution in [0.2, 0.25) is 0 Å². The molecule has 2 amide bonds. The average molecular weight is 437 g/mol. The van der Waals surface area contributed by atoms with Crippen LogP contribution in [0, 0.1) is 6.92 Å². The molecule has 3 rings (SSSR count). The molecule has 0 spiro atoms. The van der Waals surface area contributed by atoms with Crippen molar-refractivity contribution in [2.75, 3.05) is 13.2 Å². The Morgan fingerprint density at radius 1 is 1.03 bits per heavy atom. The summed E-state index contributed by atoms with van der Waals surface area (Å²) >= 11 is 0. The van der Waals surface area contributed by atoms with Gasteiger partial charge in [-0.05, 0) is 49.8 Å². The van der Waals surface area contributed by atoms with Gasteiger partial charge in [0.25, 0.3) is 5.91 Å². The summed E-state index contributed by atoms with van der Waals surface area (Å²) in [5, 5.41) is 3.21. The molecule has 0 saturated heterocycles. The Morgan fingerprint density at radius 2 is 1.72 bits per heavy atom. The highest BCUT2D eigenvalue weighted by molar-refractivity contribution is 5.88. The van der Waals surface area contributed by atoms with E-state index < -0.39 is 6.04 Å². The number of benzene rings is 2. The summed E-state index contributed by atoms with van der Waals surface area (Å²) in [6.45, 7) is 4.33. The Bertz CT molecular complexity index is 862. The molecule has 0 aliphatic heterocycles. The number of para-hydroxylation sites is 1. The number of aryl methyl sites for hydroxylation is 1. The van der Waals surface area contributed by atoms with E-state index in [1.807, 2.05) is 56.3 Å². The number of nitrogens with zero attached hydrogens (tertiary/aromatic N) is 1. The number of nitrogens with one attached hydrogen (secondary N) is 1. The monoisotopic (exact) mass is 436 g/mol. The summed E-state index contributed by atoms with van der Waals surface area (Å²) in [6.07, 6.45) is 6.87. The van der Waals surface area contributed by atoms with E-state index >= 15 is 0 Å². The molecule has 1 aliphatic carbocycles. The van der Waals surface area contributed by atoms with Gasteiger partial charge in [-0.15, -0.1) is 0 Å². The lowest BCUT2D eigenvalue weighted by Gasteiger charge is -2.32. The third kappa shape index (κ3) is 6.84. The van der Waals surface area contributed by atoms with Gasteiger partial charge in [-0.1, -0.05) is 74.7 Å². The van der Waals surface area contributed by atoms with E-state index in [1.54, 1.807) is 4.90 Å². The molecule has 2 aromatic rings. The van der Waals surface area contributed by atoms with Crippen molar-refractivity contribution in [2.45, 2.75) is 70.9 Å². The molecule has 1 saturated carbocycles. The molecular weight excluding hydrogens is 400 g/mol. The second-order valence-corrected chi connectivity index (χ2v) is 8.64. The molecule has 1 aliphatic rings. The van der Waals surface area contributed by atoms with Gasteiger partial charge in [0, 0.05) is 12.6 Å². The molecule has 5 heteroatoms. The van der Waals surface area contributed by atoms with Gasteiger partial charge in [-0.3, -0.25) is 9.59 Å². The molecule has 1 N–H and O–H groups in total. The first-order valence-corrected chi connectivity index (χ1v) is 11.9. The van der Waals surface area contributed by atoms with E-state index in [0.717, 1.165) is 36.8 Å². The van der Waals surface area contributed by atoms with Crippen LogP contribution < -0.4 is 10.1 Å². The molecule has 172 valence electrons. The minimum atomic E-state index is -0.492. The SMILES string of the molecule is CC[C@H](C(=O)NC1CCCCC1)N(CCc1ccccc1)C(=O)COc1ccccc1C. The highest BCUT2D eigenvalue weighted by Gasteiger charge is 2.30. The van der Waals surface area contributed by atoms with Crippen molar-refractivity contribution in [3.05, 3.63) is 65.7 Å². The van der Waals surface area contributed by atoms with Crippen molar-refractivity contribution in [2.24, 2.45) is 0 Å². The number of carbonyl (C=O) groups is 2. The number of ether oxygens (including phenoxy) is 1. The lowest BCUT2D eigenvalue weighted by Crippen LogP contribution is -2.53. The number of amides is 2. The van der Waals surface area contributed by atoms with Crippen LogP contribution in [0.1, 0.15) is 56.6 Å². The van der Waals surface area contributed by atoms with Crippen LogP contribution in [-0.4, -0.2) is 41.9 Å². The van der Waals surface area contributed by atoms with Gasteiger partial charge >= 0.3 is 0 Å². The fourth-order valence-corrected chi connectivity index (χ4v) is 4.38. The molecule has 0 unspecified atom stereocenters. The zero-order valence-corrected chi connectivity index (χ0v) is 19.4. The van der Waals surface area contributed by atoms with E-state index in [9.17, 15) is 9.59 Å². The highest BCUT2D eigenvalue weighted by atomic mass is 16.5. The van der Waals surface area contributed by atoms with Gasteiger partial charge in [0.15, 0.2) is 6.61 Å². The lowest BCUT2D eigenvalue weighted by molar-refractivity contribution is -0.142. The molecule has 2 aromatic carbocycles. The predicted molar refractivity (Wildman–Crippen MR) is 128 cm³/mol. The van der Waals surface area contributed by atoms with Crippen LogP contribution in [0.3, 0.4) is 0 Å². The summed E-state index contributed by atoms with van der Waals surface area (Å²) in [7, 11) is 0. The molecule has 1 atom stereocenters. The van der Waals surface area contributed by atoms with Crippen molar-refractivity contribution < 1.29 is 14.3 Å². The van der Waals surface area contributed by atoms with Crippen LogP contribution in [0.25, 0.3) is 0 Å². The summed E-state index contributed by atoms with van der Waals surface area (Å²) in [6, 6.07) is 17.5. The fraction of sp³-hybridized carbons (Fsp3) is 0.481. The van der Waals surface area contributed by atoms with Gasteiger partial charge in [-0.25, -0.2) is 0 Å². The second kappa shape index (κ2) is 12.3. The maximum absolute atomic E-state index is 13.3. The van der Waals surface area contributed by atoms with Crippen molar-refractivity contribution in [1.29, 1.82) is 0 Å². The van der Waals surface area contributed by atoms with E-state index in [4.69, 9.17) is 4.74 Å². The summed E-state index contributed by atoms with van der Waals surface area (Å²) in [5.41, 5.74) is 2.13. The van der Waals surface area contributed by atoms with Crippen LogP contribution >= 0.6 is 0 Å². The lowest BCUT2D eigenvalue weighted by atomic mass is 9.95. The first-order valence-electron chi connectivity index (χ1n) is 11.9. The summed E-state index contributed by atoms with van der Waals surface area (Å²) < 4.78 is 5.83. The van der Waals surface area contributed by atoms with Crippen LogP contribution in [0.4, 0.5) is 0 Å². The minimum Gasteiger partial charge on any atom is -0.484 e. The molecule has 0 aromatic heterocycles. The van der Waals surface area contributed by atoms with Gasteiger partial charge in [0.05, 0.1) is 0 Å². The molecule has 32 heavy (non-hydrogen) atoms. The van der Waals surface area contributed by atoms with Gasteiger partial charge < -0.3 is 15.0 Å². The topological polar surface area (TPSA) is 58.6 Å². The van der Waals surface area contributed by atoms with E-state index in [-0.39, 0.29) is 24.5 Å². The second-order valence-electron chi connectivity index (χ2n) is 8.64. The standard InChI is InChI=1S/C27H36N2O3/c1-3-24(27(31)28-23-15-8-5-9-16-23)29(19-18-22-13-6-4-7-14-22)26(30)20-32-25-17-11-10-12-21(25)2/h4,6-7,10-14,17,23-24H,3,5,8-9,15-16,18-20H2,1-2H3,(H,28,31)/t24-/m1/s1. The molecule has 0 heterocycles. The average Bonchev–Trinajstić information content (AvgIpc) is 2.82. The van der Waals surface area contributed by atoms with Crippen molar-refractivity contribution in [3.63, 3.8) is 0 Å². The van der Waals surface area contributed by atoms with E-state index in [1.165, 1.54) is 6.42 Å². The largest absolute Gasteiger partial charge is 0.484 e. The van der Waals surface area contributed by atoms with E-state index in [2.05, 4.69) is 17.4 Å². The maximum atomic E-state index is 13.3. The van der Waals surface area contributed by atoms with Crippen LogP contribution in [-0.2, 0) is 16.0 Å². The Labute approximate surface area is 192 Å². The first-order chi connectivity index (χ1) is 15.6. The van der Waals surface area contributed by atoms with Crippen LogP contribution in [0.15, 0.2) is 54.6 Å².